The van der Waals surface area contributed by atoms with Crippen molar-refractivity contribution in [2.24, 2.45) is 0 Å². The summed E-state index contributed by atoms with van der Waals surface area (Å²) in [6.07, 6.45) is 4.07. The summed E-state index contributed by atoms with van der Waals surface area (Å²) in [5.74, 6) is 0.696. The van der Waals surface area contributed by atoms with Crippen molar-refractivity contribution in [3.8, 4) is 11.5 Å². The van der Waals surface area contributed by atoms with Crippen molar-refractivity contribution in [2.75, 3.05) is 0 Å². The van der Waals surface area contributed by atoms with Gasteiger partial charge >= 0.3 is 0 Å². The van der Waals surface area contributed by atoms with Gasteiger partial charge < -0.3 is 4.98 Å². The molecule has 0 aliphatic carbocycles. The van der Waals surface area contributed by atoms with E-state index in [4.69, 9.17) is 12.2 Å². The number of nitrogens with one attached hydrogen (secondary N) is 1. The Morgan fingerprint density at radius 2 is 2.25 bits per heavy atom. The normalized spacial score (nSPS) is 10.4. The molecule has 4 nitrogen and oxygen atoms in total. The lowest BCUT2D eigenvalue weighted by Gasteiger charge is -2.06. The third kappa shape index (κ3) is 1.99. The summed E-state index contributed by atoms with van der Waals surface area (Å²) < 4.78 is 0.646. The van der Waals surface area contributed by atoms with E-state index in [1.165, 1.54) is 6.33 Å². The summed E-state index contributed by atoms with van der Waals surface area (Å²) in [5, 5.41) is 0. The zero-order chi connectivity index (χ0) is 11.5. The molecule has 0 aromatic carbocycles. The van der Waals surface area contributed by atoms with Crippen molar-refractivity contribution >= 4 is 12.2 Å². The van der Waals surface area contributed by atoms with Crippen LogP contribution in [0, 0.1) is 11.6 Å². The van der Waals surface area contributed by atoms with Gasteiger partial charge in [0.25, 0.3) is 0 Å². The Balaban J connectivity index is 2.57. The van der Waals surface area contributed by atoms with Gasteiger partial charge in [0.15, 0.2) is 5.82 Å². The standard InChI is InChI=1S/C11H12N4S/c1-3-8-7(2)14-10(15-11(8)16)9-4-5-12-6-13-9/h4-6H,3H2,1-2H3,(H,14,15,16). The molecule has 0 fully saturated rings. The molecule has 2 rings (SSSR count). The molecular formula is C11H12N4S. The number of aromatic amines is 1. The molecule has 0 bridgehead atoms. The van der Waals surface area contributed by atoms with Crippen LogP contribution in [0.5, 0.6) is 0 Å². The molecule has 0 unspecified atom stereocenters. The summed E-state index contributed by atoms with van der Waals surface area (Å²) in [6.45, 7) is 4.07. The van der Waals surface area contributed by atoms with Gasteiger partial charge in [-0.3, -0.25) is 0 Å². The van der Waals surface area contributed by atoms with E-state index in [-0.39, 0.29) is 0 Å². The highest BCUT2D eigenvalue weighted by Gasteiger charge is 2.05. The average Bonchev–Trinajstić information content (AvgIpc) is 2.30. The van der Waals surface area contributed by atoms with Crippen LogP contribution >= 0.6 is 12.2 Å². The van der Waals surface area contributed by atoms with E-state index in [2.05, 4.69) is 26.9 Å². The van der Waals surface area contributed by atoms with Crippen LogP contribution in [-0.2, 0) is 6.42 Å². The minimum atomic E-state index is 0.646. The molecule has 0 radical (unpaired) electrons. The summed E-state index contributed by atoms with van der Waals surface area (Å²) in [4.78, 5) is 15.6. The van der Waals surface area contributed by atoms with Gasteiger partial charge in [-0.25, -0.2) is 15.0 Å². The van der Waals surface area contributed by atoms with Crippen LogP contribution < -0.4 is 0 Å². The minimum Gasteiger partial charge on any atom is -0.342 e. The Morgan fingerprint density at radius 1 is 1.44 bits per heavy atom. The van der Waals surface area contributed by atoms with E-state index in [0.717, 1.165) is 23.4 Å². The molecule has 0 aliphatic heterocycles. The Bertz CT molecular complexity index is 548. The molecule has 82 valence electrons. The first-order valence-corrected chi connectivity index (χ1v) is 5.49. The molecule has 2 aromatic heterocycles. The van der Waals surface area contributed by atoms with Gasteiger partial charge in [-0.15, -0.1) is 0 Å². The summed E-state index contributed by atoms with van der Waals surface area (Å²) in [5.41, 5.74) is 2.90. The summed E-state index contributed by atoms with van der Waals surface area (Å²) >= 11 is 5.25. The molecule has 0 aliphatic rings. The van der Waals surface area contributed by atoms with Gasteiger partial charge in [-0.2, -0.15) is 0 Å². The maximum Gasteiger partial charge on any atom is 0.157 e. The second-order valence-corrected chi connectivity index (χ2v) is 3.83. The Morgan fingerprint density at radius 3 is 2.81 bits per heavy atom. The monoisotopic (exact) mass is 232 g/mol. The second kappa shape index (κ2) is 4.49. The average molecular weight is 232 g/mol. The highest BCUT2D eigenvalue weighted by atomic mass is 32.1. The van der Waals surface area contributed by atoms with Gasteiger partial charge in [-0.1, -0.05) is 19.1 Å². The summed E-state index contributed by atoms with van der Waals surface area (Å²) in [7, 11) is 0. The number of H-pyrrole nitrogens is 1. The van der Waals surface area contributed by atoms with Crippen LogP contribution in [0.15, 0.2) is 18.6 Å². The van der Waals surface area contributed by atoms with Crippen LogP contribution in [0.25, 0.3) is 11.5 Å². The third-order valence-electron chi connectivity index (χ3n) is 2.41. The van der Waals surface area contributed by atoms with Crippen LogP contribution in [0.3, 0.4) is 0 Å². The fraction of sp³-hybridized carbons (Fsp3) is 0.273. The maximum absolute atomic E-state index is 5.25. The Labute approximate surface area is 98.8 Å². The summed E-state index contributed by atoms with van der Waals surface area (Å²) in [6, 6.07) is 1.80. The predicted octanol–water partition coefficient (Wildman–Crippen LogP) is 2.47. The number of hydrogen-bond acceptors (Lipinski definition) is 4. The zero-order valence-electron chi connectivity index (χ0n) is 9.19. The number of aromatic nitrogens is 4. The smallest absolute Gasteiger partial charge is 0.157 e. The largest absolute Gasteiger partial charge is 0.342 e. The first-order chi connectivity index (χ1) is 7.72. The van der Waals surface area contributed by atoms with Crippen LogP contribution in [0.4, 0.5) is 0 Å². The molecule has 2 aromatic rings. The molecule has 0 spiro atoms. The van der Waals surface area contributed by atoms with Crippen LogP contribution in [-0.4, -0.2) is 19.9 Å². The molecule has 2 heterocycles. The molecule has 0 amide bonds. The number of nitrogens with zero attached hydrogens (tertiary/aromatic N) is 3. The Hall–Kier alpha value is -1.62. The van der Waals surface area contributed by atoms with Crippen molar-refractivity contribution in [1.29, 1.82) is 0 Å². The van der Waals surface area contributed by atoms with Crippen LogP contribution in [0.1, 0.15) is 18.2 Å². The van der Waals surface area contributed by atoms with Crippen molar-refractivity contribution in [3.63, 3.8) is 0 Å². The molecule has 5 heteroatoms. The van der Waals surface area contributed by atoms with Crippen LogP contribution in [0.2, 0.25) is 0 Å². The number of hydrogen-bond donors (Lipinski definition) is 1. The van der Waals surface area contributed by atoms with Crippen molar-refractivity contribution in [3.05, 3.63) is 34.5 Å². The van der Waals surface area contributed by atoms with Crippen molar-refractivity contribution < 1.29 is 0 Å². The topological polar surface area (TPSA) is 54.5 Å². The highest BCUT2D eigenvalue weighted by molar-refractivity contribution is 7.71. The lowest BCUT2D eigenvalue weighted by atomic mass is 10.2. The third-order valence-corrected chi connectivity index (χ3v) is 2.75. The fourth-order valence-corrected chi connectivity index (χ4v) is 1.97. The van der Waals surface area contributed by atoms with E-state index in [0.29, 0.717) is 10.5 Å². The fourth-order valence-electron chi connectivity index (χ4n) is 1.58. The predicted molar refractivity (Wildman–Crippen MR) is 64.6 cm³/mol. The van der Waals surface area contributed by atoms with Crippen molar-refractivity contribution in [1.82, 2.24) is 19.9 Å². The lowest BCUT2D eigenvalue weighted by Crippen LogP contribution is -2.00. The maximum atomic E-state index is 5.25. The zero-order valence-corrected chi connectivity index (χ0v) is 10.0. The van der Waals surface area contributed by atoms with E-state index in [9.17, 15) is 0 Å². The Kier molecular flexibility index (Phi) is 3.05. The van der Waals surface area contributed by atoms with Gasteiger partial charge in [0, 0.05) is 17.5 Å². The number of rotatable bonds is 2. The first-order valence-electron chi connectivity index (χ1n) is 5.08. The van der Waals surface area contributed by atoms with E-state index >= 15 is 0 Å². The minimum absolute atomic E-state index is 0.646. The second-order valence-electron chi connectivity index (χ2n) is 3.44. The van der Waals surface area contributed by atoms with Gasteiger partial charge in [-0.05, 0) is 19.4 Å². The molecule has 0 saturated carbocycles. The van der Waals surface area contributed by atoms with E-state index < -0.39 is 0 Å². The SMILES string of the molecule is CCc1c(C)[nH]c(-c2ccncn2)nc1=S. The molecule has 0 saturated heterocycles. The van der Waals surface area contributed by atoms with Gasteiger partial charge in [0.05, 0.1) is 0 Å². The van der Waals surface area contributed by atoms with E-state index in [1.54, 1.807) is 12.3 Å². The van der Waals surface area contributed by atoms with Crippen molar-refractivity contribution in [2.45, 2.75) is 20.3 Å². The highest BCUT2D eigenvalue weighted by Crippen LogP contribution is 2.14. The number of aryl methyl sites for hydroxylation is 1. The van der Waals surface area contributed by atoms with Gasteiger partial charge in [0.2, 0.25) is 0 Å². The molecule has 1 N–H and O–H groups in total. The lowest BCUT2D eigenvalue weighted by molar-refractivity contribution is 0.979. The molecule has 0 atom stereocenters. The molecular weight excluding hydrogens is 220 g/mol. The first kappa shape index (κ1) is 10.9. The van der Waals surface area contributed by atoms with E-state index in [1.807, 2.05) is 6.92 Å². The van der Waals surface area contributed by atoms with Gasteiger partial charge in [0.1, 0.15) is 16.7 Å². The molecule has 16 heavy (non-hydrogen) atoms. The quantitative estimate of drug-likeness (QED) is 0.808.